The van der Waals surface area contributed by atoms with Crippen LogP contribution in [0, 0.1) is 5.92 Å². The summed E-state index contributed by atoms with van der Waals surface area (Å²) in [6.45, 7) is 4.67. The number of hydrogen-bond acceptors (Lipinski definition) is 2. The van der Waals surface area contributed by atoms with Crippen molar-refractivity contribution in [2.24, 2.45) is 11.7 Å². The van der Waals surface area contributed by atoms with Crippen LogP contribution in [0.4, 0.5) is 0 Å². The first kappa shape index (κ1) is 11.7. The molecule has 0 saturated heterocycles. The monoisotopic (exact) mass is 133 g/mol. The fourth-order valence-electron chi connectivity index (χ4n) is 0.500. The summed E-state index contributed by atoms with van der Waals surface area (Å²) in [6.07, 6.45) is 2.11. The van der Waals surface area contributed by atoms with Gasteiger partial charge in [-0.1, -0.05) is 13.8 Å². The van der Waals surface area contributed by atoms with Crippen molar-refractivity contribution in [3.8, 4) is 0 Å². The number of hydrogen-bond donors (Lipinski definition) is 2. The minimum Gasteiger partial charge on any atom is -0.396 e. The van der Waals surface area contributed by atoms with E-state index in [1.54, 1.807) is 0 Å². The third-order valence-corrected chi connectivity index (χ3v) is 0.940. The fraction of sp³-hybridized carbons (Fsp3) is 1.00. The van der Waals surface area contributed by atoms with E-state index in [0.717, 1.165) is 18.8 Å². The van der Waals surface area contributed by atoms with Gasteiger partial charge in [-0.3, -0.25) is 0 Å². The molecule has 3 N–H and O–H groups in total. The van der Waals surface area contributed by atoms with Gasteiger partial charge in [-0.05, 0) is 25.8 Å². The molecule has 0 aliphatic heterocycles. The summed E-state index contributed by atoms with van der Waals surface area (Å²) in [6, 6.07) is 0. The first-order valence-corrected chi connectivity index (χ1v) is 3.46. The van der Waals surface area contributed by atoms with E-state index >= 15 is 0 Å². The molecule has 58 valence electrons. The van der Waals surface area contributed by atoms with Crippen molar-refractivity contribution >= 4 is 0 Å². The summed E-state index contributed by atoms with van der Waals surface area (Å²) < 4.78 is 0. The first-order chi connectivity index (χ1) is 4.27. The number of nitrogens with two attached hydrogens (primary N) is 1. The zero-order chi connectivity index (χ0) is 7.70. The summed E-state index contributed by atoms with van der Waals surface area (Å²) in [5.74, 6) is 0.743. The molecule has 0 spiro atoms. The summed E-state index contributed by atoms with van der Waals surface area (Å²) in [7, 11) is 1.50. The lowest BCUT2D eigenvalue weighted by atomic mass is 10.1. The van der Waals surface area contributed by atoms with Gasteiger partial charge in [0.25, 0.3) is 0 Å². The van der Waals surface area contributed by atoms with Crippen LogP contribution < -0.4 is 5.73 Å². The molecule has 0 aromatic rings. The molecule has 2 nitrogen and oxygen atoms in total. The molecule has 0 radical (unpaired) electrons. The Morgan fingerprint density at radius 1 is 1.33 bits per heavy atom. The molecule has 0 aliphatic carbocycles. The van der Waals surface area contributed by atoms with Gasteiger partial charge in [-0.2, -0.15) is 0 Å². The van der Waals surface area contributed by atoms with E-state index in [0.29, 0.717) is 6.61 Å². The van der Waals surface area contributed by atoms with Crippen LogP contribution in [0.15, 0.2) is 0 Å². The van der Waals surface area contributed by atoms with Crippen LogP contribution in [0.3, 0.4) is 0 Å². The van der Waals surface area contributed by atoms with Crippen molar-refractivity contribution in [3.63, 3.8) is 0 Å². The highest BCUT2D eigenvalue weighted by Gasteiger charge is 1.89. The highest BCUT2D eigenvalue weighted by Crippen LogP contribution is 2.00. The van der Waals surface area contributed by atoms with E-state index < -0.39 is 0 Å². The second kappa shape index (κ2) is 10.8. The predicted octanol–water partition coefficient (Wildman–Crippen LogP) is 0.990. The average Bonchev–Trinajstić information content (AvgIpc) is 1.88. The third kappa shape index (κ3) is 18.1. The first-order valence-electron chi connectivity index (χ1n) is 3.46. The van der Waals surface area contributed by atoms with Crippen LogP contribution in [0.1, 0.15) is 26.7 Å². The molecule has 0 unspecified atom stereocenters. The predicted molar refractivity (Wildman–Crippen MR) is 41.3 cm³/mol. The van der Waals surface area contributed by atoms with E-state index in [9.17, 15) is 0 Å². The summed E-state index contributed by atoms with van der Waals surface area (Å²) in [5.41, 5.74) is 4.50. The van der Waals surface area contributed by atoms with Gasteiger partial charge in [-0.15, -0.1) is 0 Å². The Labute approximate surface area is 58.1 Å². The topological polar surface area (TPSA) is 46.2 Å². The Morgan fingerprint density at radius 2 is 1.78 bits per heavy atom. The van der Waals surface area contributed by atoms with Gasteiger partial charge < -0.3 is 10.8 Å². The summed E-state index contributed by atoms with van der Waals surface area (Å²) in [4.78, 5) is 0. The van der Waals surface area contributed by atoms with E-state index in [1.807, 2.05) is 0 Å². The Bertz CT molecular complexity index is 37.9. The van der Waals surface area contributed by atoms with Gasteiger partial charge in [0.05, 0.1) is 0 Å². The van der Waals surface area contributed by atoms with Crippen LogP contribution in [0.25, 0.3) is 0 Å². The second-order valence-electron chi connectivity index (χ2n) is 2.26. The number of aliphatic hydroxyl groups excluding tert-OH is 1. The minimum absolute atomic E-state index is 0.345. The van der Waals surface area contributed by atoms with Crippen LogP contribution in [-0.4, -0.2) is 18.8 Å². The van der Waals surface area contributed by atoms with Crippen molar-refractivity contribution in [1.82, 2.24) is 0 Å². The van der Waals surface area contributed by atoms with E-state index in [2.05, 4.69) is 19.6 Å². The molecular weight excluding hydrogens is 114 g/mol. The quantitative estimate of drug-likeness (QED) is 0.603. The average molecular weight is 133 g/mol. The second-order valence-corrected chi connectivity index (χ2v) is 2.26. The molecule has 9 heavy (non-hydrogen) atoms. The maximum atomic E-state index is 8.32. The SMILES string of the molecule is CC(C)CCCO.CN. The fourth-order valence-corrected chi connectivity index (χ4v) is 0.500. The third-order valence-electron chi connectivity index (χ3n) is 0.940. The zero-order valence-corrected chi connectivity index (χ0v) is 6.72. The lowest BCUT2D eigenvalue weighted by molar-refractivity contribution is 0.276. The van der Waals surface area contributed by atoms with Gasteiger partial charge in [0, 0.05) is 6.61 Å². The van der Waals surface area contributed by atoms with Gasteiger partial charge in [0.1, 0.15) is 0 Å². The zero-order valence-electron chi connectivity index (χ0n) is 6.72. The molecule has 0 heterocycles. The van der Waals surface area contributed by atoms with E-state index in [1.165, 1.54) is 7.05 Å². The standard InChI is InChI=1S/C6H14O.CH5N/c1-6(2)4-3-5-7;1-2/h6-7H,3-5H2,1-2H3;2H2,1H3. The van der Waals surface area contributed by atoms with E-state index in [-0.39, 0.29) is 0 Å². The van der Waals surface area contributed by atoms with Gasteiger partial charge >= 0.3 is 0 Å². The molecule has 2 heteroatoms. The van der Waals surface area contributed by atoms with Crippen molar-refractivity contribution in [3.05, 3.63) is 0 Å². The molecule has 0 aromatic carbocycles. The van der Waals surface area contributed by atoms with Crippen molar-refractivity contribution < 1.29 is 5.11 Å². The molecular formula is C7H19NO. The molecule has 0 aromatic heterocycles. The normalized spacial score (nSPS) is 8.67. The van der Waals surface area contributed by atoms with Crippen molar-refractivity contribution in [2.45, 2.75) is 26.7 Å². The Hall–Kier alpha value is -0.0800. The van der Waals surface area contributed by atoms with Gasteiger partial charge in [0.2, 0.25) is 0 Å². The number of rotatable bonds is 3. The maximum absolute atomic E-state index is 8.32. The van der Waals surface area contributed by atoms with Crippen molar-refractivity contribution in [1.29, 1.82) is 0 Å². The highest BCUT2D eigenvalue weighted by molar-refractivity contribution is 4.42. The van der Waals surface area contributed by atoms with Crippen LogP contribution in [0.5, 0.6) is 0 Å². The lowest BCUT2D eigenvalue weighted by Gasteiger charge is -1.98. The van der Waals surface area contributed by atoms with Crippen molar-refractivity contribution in [2.75, 3.05) is 13.7 Å². The molecule has 0 fully saturated rings. The summed E-state index contributed by atoms with van der Waals surface area (Å²) in [5, 5.41) is 8.32. The van der Waals surface area contributed by atoms with Crippen LogP contribution in [-0.2, 0) is 0 Å². The largest absolute Gasteiger partial charge is 0.396 e. The smallest absolute Gasteiger partial charge is 0.0431 e. The molecule has 0 rings (SSSR count). The lowest BCUT2D eigenvalue weighted by Crippen LogP contribution is -1.89. The minimum atomic E-state index is 0.345. The molecule has 0 amide bonds. The summed E-state index contributed by atoms with van der Waals surface area (Å²) >= 11 is 0. The Balaban J connectivity index is 0. The maximum Gasteiger partial charge on any atom is 0.0431 e. The molecule has 0 bridgehead atoms. The molecule has 0 atom stereocenters. The van der Waals surface area contributed by atoms with E-state index in [4.69, 9.17) is 5.11 Å². The Morgan fingerprint density at radius 3 is 1.89 bits per heavy atom. The molecule has 0 saturated carbocycles. The van der Waals surface area contributed by atoms with Crippen LogP contribution >= 0.6 is 0 Å². The van der Waals surface area contributed by atoms with Crippen LogP contribution in [0.2, 0.25) is 0 Å². The number of aliphatic hydroxyl groups is 1. The Kier molecular flexibility index (Phi) is 14.0. The van der Waals surface area contributed by atoms with Gasteiger partial charge in [-0.25, -0.2) is 0 Å². The highest BCUT2D eigenvalue weighted by atomic mass is 16.2. The molecule has 0 aliphatic rings. The van der Waals surface area contributed by atoms with Gasteiger partial charge in [0.15, 0.2) is 0 Å².